The molecule has 1 aliphatic carbocycles. The maximum absolute atomic E-state index is 5.55. The maximum Gasteiger partial charge on any atom is 0.147 e. The highest BCUT2D eigenvalue weighted by atomic mass is 16.5. The molecule has 1 aliphatic rings. The van der Waals surface area contributed by atoms with Gasteiger partial charge in [0.2, 0.25) is 0 Å². The highest BCUT2D eigenvalue weighted by Crippen LogP contribution is 2.26. The molecule has 0 bridgehead atoms. The van der Waals surface area contributed by atoms with E-state index in [-0.39, 0.29) is 5.92 Å². The van der Waals surface area contributed by atoms with E-state index < -0.39 is 0 Å². The molecular formula is C12H20N4O. The number of aromatic nitrogens is 2. The molecule has 0 radical (unpaired) electrons. The molecule has 1 atom stereocenters. The third-order valence-electron chi connectivity index (χ3n) is 3.19. The second-order valence-corrected chi connectivity index (χ2v) is 4.56. The van der Waals surface area contributed by atoms with Crippen molar-refractivity contribution in [1.82, 2.24) is 9.97 Å². The Hall–Kier alpha value is -1.20. The van der Waals surface area contributed by atoms with Crippen LogP contribution in [-0.4, -0.2) is 23.7 Å². The van der Waals surface area contributed by atoms with E-state index in [1.807, 2.05) is 0 Å². The first-order valence-electron chi connectivity index (χ1n) is 6.11. The van der Waals surface area contributed by atoms with Gasteiger partial charge in [0.05, 0.1) is 6.61 Å². The van der Waals surface area contributed by atoms with Gasteiger partial charge >= 0.3 is 0 Å². The van der Waals surface area contributed by atoms with Gasteiger partial charge < -0.3 is 10.2 Å². The van der Waals surface area contributed by atoms with Gasteiger partial charge in [-0.3, -0.25) is 0 Å². The summed E-state index contributed by atoms with van der Waals surface area (Å²) in [6.07, 6.45) is 4.44. The number of methoxy groups -OCH3 is 1. The number of fused-ring (bicyclic) bond motifs is 1. The van der Waals surface area contributed by atoms with Gasteiger partial charge in [-0.05, 0) is 25.7 Å². The summed E-state index contributed by atoms with van der Waals surface area (Å²) >= 11 is 0. The Kier molecular flexibility index (Phi) is 3.91. The molecule has 0 fully saturated rings. The van der Waals surface area contributed by atoms with Gasteiger partial charge in [0.15, 0.2) is 0 Å². The fraction of sp³-hybridized carbons (Fsp3) is 0.667. The summed E-state index contributed by atoms with van der Waals surface area (Å²) in [6.45, 7) is 2.69. The summed E-state index contributed by atoms with van der Waals surface area (Å²) < 4.78 is 5.14. The number of nitrogen functional groups attached to an aromatic ring is 1. The number of rotatable bonds is 4. The molecular weight excluding hydrogens is 216 g/mol. The third-order valence-corrected chi connectivity index (χ3v) is 3.19. The van der Waals surface area contributed by atoms with Crippen LogP contribution in [0.15, 0.2) is 0 Å². The second kappa shape index (κ2) is 5.42. The lowest BCUT2D eigenvalue weighted by Gasteiger charge is -2.20. The molecule has 1 heterocycles. The van der Waals surface area contributed by atoms with Crippen molar-refractivity contribution < 1.29 is 4.74 Å². The topological polar surface area (TPSA) is 73.1 Å². The van der Waals surface area contributed by atoms with Gasteiger partial charge in [0, 0.05) is 24.3 Å². The zero-order valence-corrected chi connectivity index (χ0v) is 10.5. The second-order valence-electron chi connectivity index (χ2n) is 4.56. The highest BCUT2D eigenvalue weighted by Gasteiger charge is 2.19. The first-order chi connectivity index (χ1) is 8.26. The van der Waals surface area contributed by atoms with Crippen LogP contribution in [0.4, 0.5) is 5.82 Å². The lowest BCUT2D eigenvalue weighted by Crippen LogP contribution is -2.19. The van der Waals surface area contributed by atoms with Crippen molar-refractivity contribution in [2.24, 2.45) is 5.84 Å². The number of aryl methyl sites for hydroxylation is 1. The average molecular weight is 236 g/mol. The Morgan fingerprint density at radius 3 is 2.82 bits per heavy atom. The van der Waals surface area contributed by atoms with Crippen LogP contribution in [-0.2, 0) is 17.6 Å². The zero-order chi connectivity index (χ0) is 12.3. The fourth-order valence-corrected chi connectivity index (χ4v) is 2.28. The van der Waals surface area contributed by atoms with Crippen LogP contribution in [0.2, 0.25) is 0 Å². The molecule has 94 valence electrons. The van der Waals surface area contributed by atoms with Gasteiger partial charge in [0.1, 0.15) is 11.6 Å². The van der Waals surface area contributed by atoms with Crippen LogP contribution in [0.5, 0.6) is 0 Å². The van der Waals surface area contributed by atoms with Crippen LogP contribution in [0.3, 0.4) is 0 Å². The number of hydrazine groups is 1. The quantitative estimate of drug-likeness (QED) is 0.610. The molecule has 1 unspecified atom stereocenters. The molecule has 5 heteroatoms. The molecule has 2 rings (SSSR count). The fourth-order valence-electron chi connectivity index (χ4n) is 2.28. The molecule has 0 amide bonds. The van der Waals surface area contributed by atoms with Crippen molar-refractivity contribution in [1.29, 1.82) is 0 Å². The predicted molar refractivity (Wildman–Crippen MR) is 66.8 cm³/mol. The summed E-state index contributed by atoms with van der Waals surface area (Å²) in [5.41, 5.74) is 5.04. The zero-order valence-electron chi connectivity index (χ0n) is 10.5. The van der Waals surface area contributed by atoms with Gasteiger partial charge in [-0.2, -0.15) is 0 Å². The molecule has 0 spiro atoms. The Bertz CT molecular complexity index is 377. The first kappa shape index (κ1) is 12.3. The molecule has 1 aromatic rings. The largest absolute Gasteiger partial charge is 0.384 e. The smallest absolute Gasteiger partial charge is 0.147 e. The standard InChI is InChI=1S/C12H20N4O/c1-8(7-17-2)11-14-10-6-4-3-5-9(10)12(15-11)16-13/h8H,3-7,13H2,1-2H3,(H,14,15,16). The van der Waals surface area contributed by atoms with Crippen molar-refractivity contribution in [2.75, 3.05) is 19.1 Å². The van der Waals surface area contributed by atoms with E-state index in [4.69, 9.17) is 10.6 Å². The molecule has 17 heavy (non-hydrogen) atoms. The SMILES string of the molecule is COCC(C)c1nc2c(c(NN)n1)CCCC2. The third kappa shape index (κ3) is 2.56. The van der Waals surface area contributed by atoms with Crippen molar-refractivity contribution in [3.05, 3.63) is 17.1 Å². The number of anilines is 1. The van der Waals surface area contributed by atoms with E-state index in [2.05, 4.69) is 22.3 Å². The van der Waals surface area contributed by atoms with Crippen molar-refractivity contribution in [3.63, 3.8) is 0 Å². The Morgan fingerprint density at radius 1 is 1.35 bits per heavy atom. The number of hydrogen-bond donors (Lipinski definition) is 2. The lowest BCUT2D eigenvalue weighted by atomic mass is 9.96. The molecule has 0 saturated heterocycles. The number of nitrogens with one attached hydrogen (secondary N) is 1. The Labute approximate surface area is 102 Å². The number of ether oxygens (including phenoxy) is 1. The van der Waals surface area contributed by atoms with Crippen molar-refractivity contribution in [2.45, 2.75) is 38.5 Å². The highest BCUT2D eigenvalue weighted by molar-refractivity contribution is 5.47. The minimum atomic E-state index is 0.194. The van der Waals surface area contributed by atoms with E-state index in [0.29, 0.717) is 6.61 Å². The number of hydrogen-bond acceptors (Lipinski definition) is 5. The molecule has 0 aliphatic heterocycles. The molecule has 0 aromatic carbocycles. The summed E-state index contributed by atoms with van der Waals surface area (Å²) in [5, 5.41) is 0. The van der Waals surface area contributed by atoms with Crippen LogP contribution in [0, 0.1) is 0 Å². The predicted octanol–water partition coefficient (Wildman–Crippen LogP) is 1.39. The van der Waals surface area contributed by atoms with Crippen molar-refractivity contribution in [3.8, 4) is 0 Å². The Balaban J connectivity index is 2.35. The maximum atomic E-state index is 5.55. The first-order valence-corrected chi connectivity index (χ1v) is 6.11. The summed E-state index contributed by atoms with van der Waals surface area (Å²) in [7, 11) is 1.69. The van der Waals surface area contributed by atoms with Crippen LogP contribution in [0.1, 0.15) is 42.8 Å². The van der Waals surface area contributed by atoms with Gasteiger partial charge in [-0.25, -0.2) is 15.8 Å². The van der Waals surface area contributed by atoms with Gasteiger partial charge in [0.25, 0.3) is 0 Å². The molecule has 1 aromatic heterocycles. The van der Waals surface area contributed by atoms with Gasteiger partial charge in [-0.15, -0.1) is 0 Å². The number of nitrogens with zero attached hydrogens (tertiary/aromatic N) is 2. The average Bonchev–Trinajstić information content (AvgIpc) is 2.37. The molecule has 5 nitrogen and oxygen atoms in total. The van der Waals surface area contributed by atoms with E-state index in [1.54, 1.807) is 7.11 Å². The molecule has 0 saturated carbocycles. The van der Waals surface area contributed by atoms with Gasteiger partial charge in [-0.1, -0.05) is 6.92 Å². The Morgan fingerprint density at radius 2 is 2.12 bits per heavy atom. The minimum absolute atomic E-state index is 0.194. The van der Waals surface area contributed by atoms with Crippen molar-refractivity contribution >= 4 is 5.82 Å². The van der Waals surface area contributed by atoms with E-state index in [9.17, 15) is 0 Å². The van der Waals surface area contributed by atoms with E-state index in [0.717, 1.165) is 30.2 Å². The number of nitrogens with two attached hydrogens (primary N) is 1. The summed E-state index contributed by atoms with van der Waals surface area (Å²) in [4.78, 5) is 9.15. The van der Waals surface area contributed by atoms with Crippen LogP contribution in [0.25, 0.3) is 0 Å². The monoisotopic (exact) mass is 236 g/mol. The molecule has 3 N–H and O–H groups in total. The van der Waals surface area contributed by atoms with Crippen LogP contribution >= 0.6 is 0 Å². The van der Waals surface area contributed by atoms with E-state index >= 15 is 0 Å². The van der Waals surface area contributed by atoms with Crippen LogP contribution < -0.4 is 11.3 Å². The lowest BCUT2D eigenvalue weighted by molar-refractivity contribution is 0.181. The summed E-state index contributed by atoms with van der Waals surface area (Å²) in [6, 6.07) is 0. The minimum Gasteiger partial charge on any atom is -0.384 e. The normalized spacial score (nSPS) is 16.4. The summed E-state index contributed by atoms with van der Waals surface area (Å²) in [5.74, 6) is 7.34. The van der Waals surface area contributed by atoms with E-state index in [1.165, 1.54) is 18.4 Å².